The number of anilines is 1. The van der Waals surface area contributed by atoms with Crippen molar-refractivity contribution in [3.63, 3.8) is 0 Å². The van der Waals surface area contributed by atoms with Crippen LogP contribution in [0.15, 0.2) is 70.6 Å². The minimum absolute atomic E-state index is 0. The molecule has 12 heteroatoms. The second-order valence-corrected chi connectivity index (χ2v) is 15.5. The maximum atomic E-state index is 11.1. The van der Waals surface area contributed by atoms with Gasteiger partial charge in [-0.05, 0) is 80.7 Å². The van der Waals surface area contributed by atoms with Gasteiger partial charge in [0.1, 0.15) is 11.2 Å². The van der Waals surface area contributed by atoms with Crippen LogP contribution in [0, 0.1) is 13.8 Å². The van der Waals surface area contributed by atoms with Crippen molar-refractivity contribution >= 4 is 124 Å². The number of hydrogen-bond donors (Lipinski definition) is 0. The number of nitrogens with zero attached hydrogens (tertiary/aromatic N) is 3. The van der Waals surface area contributed by atoms with Crippen molar-refractivity contribution in [3.8, 4) is 0 Å². The molecule has 4 nitrogen and oxygen atoms in total. The van der Waals surface area contributed by atoms with Gasteiger partial charge < -0.3 is 28.9 Å². The molecular weight excluding hydrogens is 899 g/mol. The van der Waals surface area contributed by atoms with E-state index in [1.54, 1.807) is 36.1 Å². The third-order valence-electron chi connectivity index (χ3n) is 5.96. The van der Waals surface area contributed by atoms with Gasteiger partial charge in [0.25, 0.3) is 0 Å². The minimum Gasteiger partial charge on any atom is -1.00 e. The van der Waals surface area contributed by atoms with E-state index in [1.807, 2.05) is 66.8 Å². The SMILES string of the molecule is CCI.CCN1/C(=C/C(C)=O)Sc2ccc(Cl)cc21.CC[n+]1c(C)sc2ccc(Cl)cc21.Cc1nc2cc(Cl)ccc2s1.[I-]. The molecule has 0 saturated carbocycles. The first-order valence-corrected chi connectivity index (χ1v) is 18.8. The first-order chi connectivity index (χ1) is 20.5. The summed E-state index contributed by atoms with van der Waals surface area (Å²) in [5.41, 5.74) is 3.34. The van der Waals surface area contributed by atoms with Crippen LogP contribution in [-0.2, 0) is 11.3 Å². The Morgan fingerprint density at radius 1 is 0.932 bits per heavy atom. The zero-order valence-electron chi connectivity index (χ0n) is 25.3. The number of hydrogen-bond acceptors (Lipinski definition) is 6. The zero-order chi connectivity index (χ0) is 31.7. The van der Waals surface area contributed by atoms with E-state index in [0.717, 1.165) is 54.3 Å². The molecule has 0 unspecified atom stereocenters. The molecule has 0 aliphatic carbocycles. The molecule has 3 heterocycles. The molecule has 3 aromatic carbocycles. The first-order valence-electron chi connectivity index (χ1n) is 13.6. The van der Waals surface area contributed by atoms with Gasteiger partial charge in [-0.2, -0.15) is 4.57 Å². The maximum Gasteiger partial charge on any atom is 0.235 e. The Hall–Kier alpha value is -0.670. The van der Waals surface area contributed by atoms with Gasteiger partial charge in [-0.1, -0.05) is 87.4 Å². The molecule has 0 bridgehead atoms. The van der Waals surface area contributed by atoms with Crippen LogP contribution in [0.3, 0.4) is 0 Å². The predicted octanol–water partition coefficient (Wildman–Crippen LogP) is 8.58. The van der Waals surface area contributed by atoms with Gasteiger partial charge in [-0.15, -0.1) is 11.3 Å². The lowest BCUT2D eigenvalue weighted by atomic mass is 10.3. The number of ketones is 1. The summed E-state index contributed by atoms with van der Waals surface area (Å²) in [4.78, 5) is 18.7. The molecule has 236 valence electrons. The van der Waals surface area contributed by atoms with Crippen LogP contribution < -0.4 is 33.4 Å². The van der Waals surface area contributed by atoms with E-state index in [2.05, 4.69) is 70.8 Å². The van der Waals surface area contributed by atoms with E-state index < -0.39 is 0 Å². The van der Waals surface area contributed by atoms with E-state index in [0.29, 0.717) is 0 Å². The summed E-state index contributed by atoms with van der Waals surface area (Å²) in [6, 6.07) is 17.6. The molecule has 0 N–H and O–H groups in total. The van der Waals surface area contributed by atoms with Gasteiger partial charge in [0.05, 0.1) is 25.9 Å². The number of carbonyl (C=O) groups is 1. The molecule has 0 radical (unpaired) electrons. The second-order valence-electron chi connectivity index (χ2n) is 9.14. The monoisotopic (exact) mass is 931 g/mol. The van der Waals surface area contributed by atoms with Crippen molar-refractivity contribution in [2.45, 2.75) is 53.0 Å². The standard InChI is InChI=1S/C12H12ClNOS.C10H11ClNS.C8H6ClNS.C2H5I.HI/c1-3-14-10-7-9(13)4-5-11(10)16-12(14)6-8(2)15;1-3-12-7(2)13-10-5-4-8(11)6-9(10)12;1-5-10-7-4-6(9)2-3-8(7)11-5;1-2-3;/h4-7H,3H2,1-2H3;4-6H,3H2,1-2H3;2-4H,1H3;2H2,1H3;1H/q;+1;;;/p-1/b12-6-;;;;. The molecule has 0 fully saturated rings. The van der Waals surface area contributed by atoms with E-state index in [-0.39, 0.29) is 29.8 Å². The summed E-state index contributed by atoms with van der Waals surface area (Å²) in [7, 11) is 0. The Morgan fingerprint density at radius 3 is 2.14 bits per heavy atom. The topological polar surface area (TPSA) is 37.1 Å². The molecule has 0 atom stereocenters. The molecular formula is C32H34Cl3I2N3OS3. The zero-order valence-corrected chi connectivity index (χ0v) is 34.3. The number of thioether (sulfide) groups is 1. The third-order valence-corrected chi connectivity index (χ3v) is 9.81. The highest BCUT2D eigenvalue weighted by molar-refractivity contribution is 14.1. The van der Waals surface area contributed by atoms with Crippen molar-refractivity contribution in [1.29, 1.82) is 0 Å². The summed E-state index contributed by atoms with van der Waals surface area (Å²) in [5, 5.41) is 5.69. The summed E-state index contributed by atoms with van der Waals surface area (Å²) in [6.07, 6.45) is 1.67. The number of alkyl halides is 1. The third kappa shape index (κ3) is 11.0. The maximum absolute atomic E-state index is 11.1. The summed E-state index contributed by atoms with van der Waals surface area (Å²) in [5.74, 6) is 0.0693. The second kappa shape index (κ2) is 19.2. The number of halogens is 5. The molecule has 1 aliphatic heterocycles. The van der Waals surface area contributed by atoms with E-state index in [9.17, 15) is 4.79 Å². The fourth-order valence-corrected chi connectivity index (χ4v) is 7.83. The molecule has 5 aromatic rings. The van der Waals surface area contributed by atoms with Crippen molar-refractivity contribution in [2.75, 3.05) is 15.9 Å². The van der Waals surface area contributed by atoms with Gasteiger partial charge in [-0.3, -0.25) is 4.79 Å². The van der Waals surface area contributed by atoms with Gasteiger partial charge in [0.15, 0.2) is 5.78 Å². The number of aryl methyl sites for hydroxylation is 3. The molecule has 44 heavy (non-hydrogen) atoms. The van der Waals surface area contributed by atoms with Crippen molar-refractivity contribution in [3.05, 3.63) is 90.8 Å². The van der Waals surface area contributed by atoms with Gasteiger partial charge in [0, 0.05) is 45.6 Å². The van der Waals surface area contributed by atoms with Gasteiger partial charge >= 0.3 is 0 Å². The van der Waals surface area contributed by atoms with Crippen LogP contribution in [0.2, 0.25) is 15.1 Å². The first kappa shape index (κ1) is 39.5. The van der Waals surface area contributed by atoms with Gasteiger partial charge in [-0.25, -0.2) is 4.98 Å². The van der Waals surface area contributed by atoms with Crippen LogP contribution in [0.1, 0.15) is 37.7 Å². The van der Waals surface area contributed by atoms with Crippen LogP contribution in [0.4, 0.5) is 5.69 Å². The number of rotatable bonds is 3. The lowest BCUT2D eigenvalue weighted by Crippen LogP contribution is -3.00. The van der Waals surface area contributed by atoms with Crippen LogP contribution >= 0.6 is 91.8 Å². The number of allylic oxidation sites excluding steroid dienone is 1. The normalized spacial score (nSPS) is 12.4. The Morgan fingerprint density at radius 2 is 1.52 bits per heavy atom. The van der Waals surface area contributed by atoms with Crippen molar-refractivity contribution < 1.29 is 33.3 Å². The Bertz CT molecular complexity index is 1740. The Labute approximate surface area is 318 Å². The summed E-state index contributed by atoms with van der Waals surface area (Å²) >= 11 is 25.1. The summed E-state index contributed by atoms with van der Waals surface area (Å²) < 4.78 is 6.01. The molecule has 0 amide bonds. The highest BCUT2D eigenvalue weighted by Crippen LogP contribution is 2.46. The molecule has 1 aliphatic rings. The minimum atomic E-state index is 0. The lowest BCUT2D eigenvalue weighted by Gasteiger charge is -2.17. The van der Waals surface area contributed by atoms with Crippen molar-refractivity contribution in [1.82, 2.24) is 4.98 Å². The van der Waals surface area contributed by atoms with E-state index in [1.165, 1.54) is 24.4 Å². The number of carbonyl (C=O) groups excluding carboxylic acids is 1. The molecule has 6 rings (SSSR count). The highest BCUT2D eigenvalue weighted by atomic mass is 127. The molecule has 0 spiro atoms. The number of aromatic nitrogens is 2. The fourth-order valence-electron chi connectivity index (χ4n) is 4.26. The van der Waals surface area contributed by atoms with Crippen LogP contribution in [-0.4, -0.2) is 21.7 Å². The van der Waals surface area contributed by atoms with Crippen LogP contribution in [0.25, 0.3) is 20.4 Å². The van der Waals surface area contributed by atoms with Crippen molar-refractivity contribution in [2.24, 2.45) is 0 Å². The molecule has 2 aromatic heterocycles. The number of fused-ring (bicyclic) bond motifs is 3. The van der Waals surface area contributed by atoms with E-state index >= 15 is 0 Å². The average Bonchev–Trinajstić information content (AvgIpc) is 3.59. The Kier molecular flexibility index (Phi) is 17.3. The smallest absolute Gasteiger partial charge is 0.235 e. The lowest BCUT2D eigenvalue weighted by molar-refractivity contribution is -0.669. The highest BCUT2D eigenvalue weighted by Gasteiger charge is 2.24. The van der Waals surface area contributed by atoms with Crippen LogP contribution in [0.5, 0.6) is 0 Å². The number of benzene rings is 3. The number of thiazole rings is 2. The fraction of sp³-hybridized carbons (Fsp3) is 0.281. The van der Waals surface area contributed by atoms with Gasteiger partial charge in [0.2, 0.25) is 10.5 Å². The summed E-state index contributed by atoms with van der Waals surface area (Å²) in [6.45, 7) is 13.9. The predicted molar refractivity (Wildman–Crippen MR) is 200 cm³/mol. The van der Waals surface area contributed by atoms with E-state index in [4.69, 9.17) is 34.8 Å². The quantitative estimate of drug-likeness (QED) is 0.0788. The Balaban J connectivity index is 0.000000221. The average molecular weight is 933 g/mol. The molecule has 0 saturated heterocycles. The largest absolute Gasteiger partial charge is 1.00 e.